The normalized spacial score (nSPS) is 13.5. The molecular formula is C27H28ClN3O4S. The Hall–Kier alpha value is -3.36. The Kier molecular flexibility index (Phi) is 7.66. The summed E-state index contributed by atoms with van der Waals surface area (Å²) in [6.07, 6.45) is 1.90. The molecule has 1 heterocycles. The number of aryl methyl sites for hydroxylation is 2. The van der Waals surface area contributed by atoms with Gasteiger partial charge >= 0.3 is 0 Å². The fraction of sp³-hybridized carbons (Fsp3) is 0.259. The number of nitrogens with zero attached hydrogens (tertiary/aromatic N) is 2. The lowest BCUT2D eigenvalue weighted by molar-refractivity contribution is -0.114. The second kappa shape index (κ2) is 10.7. The number of rotatable bonds is 7. The van der Waals surface area contributed by atoms with E-state index < -0.39 is 22.5 Å². The van der Waals surface area contributed by atoms with Gasteiger partial charge in [-0.15, -0.1) is 0 Å². The number of halogens is 1. The zero-order valence-corrected chi connectivity index (χ0v) is 21.8. The summed E-state index contributed by atoms with van der Waals surface area (Å²) in [5.74, 6) is -0.732. The van der Waals surface area contributed by atoms with Crippen molar-refractivity contribution in [1.82, 2.24) is 4.90 Å². The Bertz CT molecular complexity index is 1380. The second-order valence-electron chi connectivity index (χ2n) is 8.85. The molecule has 9 heteroatoms. The molecule has 0 bridgehead atoms. The van der Waals surface area contributed by atoms with Gasteiger partial charge in [0.2, 0.25) is 5.91 Å². The van der Waals surface area contributed by atoms with Crippen LogP contribution in [-0.2, 0) is 14.8 Å². The monoisotopic (exact) mass is 525 g/mol. The zero-order valence-electron chi connectivity index (χ0n) is 20.2. The van der Waals surface area contributed by atoms with E-state index in [0.29, 0.717) is 40.6 Å². The van der Waals surface area contributed by atoms with E-state index in [1.807, 2.05) is 6.92 Å². The van der Waals surface area contributed by atoms with Crippen molar-refractivity contribution in [3.05, 3.63) is 88.4 Å². The maximum atomic E-state index is 13.7. The standard InChI is InChI=1S/C27H28ClN3O4S/c1-19-9-13-22(14-10-19)36(34,35)31(25-17-21(28)12-11-20(25)2)18-26(32)29-24-8-4-3-7-23(24)27(33)30-15-5-6-16-30/h3-4,7-14,17H,5-6,15-16,18H2,1-2H3,(H,29,32). The summed E-state index contributed by atoms with van der Waals surface area (Å²) in [5.41, 5.74) is 2.58. The quantitative estimate of drug-likeness (QED) is 0.469. The molecule has 1 N–H and O–H groups in total. The van der Waals surface area contributed by atoms with Crippen molar-refractivity contribution in [2.24, 2.45) is 0 Å². The van der Waals surface area contributed by atoms with Crippen molar-refractivity contribution >= 4 is 44.8 Å². The van der Waals surface area contributed by atoms with Crippen LogP contribution in [0.15, 0.2) is 71.6 Å². The summed E-state index contributed by atoms with van der Waals surface area (Å²) >= 11 is 6.20. The van der Waals surface area contributed by atoms with Gasteiger partial charge in [0.15, 0.2) is 0 Å². The van der Waals surface area contributed by atoms with E-state index in [9.17, 15) is 18.0 Å². The molecule has 1 aliphatic rings. The highest BCUT2D eigenvalue weighted by Crippen LogP contribution is 2.30. The molecule has 1 fully saturated rings. The van der Waals surface area contributed by atoms with Gasteiger partial charge < -0.3 is 10.2 Å². The summed E-state index contributed by atoms with van der Waals surface area (Å²) in [7, 11) is -4.10. The van der Waals surface area contributed by atoms with Crippen molar-refractivity contribution in [1.29, 1.82) is 0 Å². The Morgan fingerprint density at radius 1 is 0.972 bits per heavy atom. The molecule has 0 saturated carbocycles. The predicted molar refractivity (Wildman–Crippen MR) is 142 cm³/mol. The number of nitrogens with one attached hydrogen (secondary N) is 1. The van der Waals surface area contributed by atoms with E-state index in [-0.39, 0.29) is 10.8 Å². The molecule has 2 amide bonds. The molecule has 1 aliphatic heterocycles. The summed E-state index contributed by atoms with van der Waals surface area (Å²) in [6, 6.07) is 18.1. The molecule has 3 aromatic carbocycles. The van der Waals surface area contributed by atoms with Gasteiger partial charge in [0.1, 0.15) is 6.54 Å². The van der Waals surface area contributed by atoms with Crippen LogP contribution >= 0.6 is 11.6 Å². The maximum absolute atomic E-state index is 13.7. The van der Waals surface area contributed by atoms with Crippen molar-refractivity contribution < 1.29 is 18.0 Å². The third-order valence-electron chi connectivity index (χ3n) is 6.16. The predicted octanol–water partition coefficient (Wildman–Crippen LogP) is 5.03. The molecule has 0 spiro atoms. The van der Waals surface area contributed by atoms with Gasteiger partial charge in [0, 0.05) is 18.1 Å². The van der Waals surface area contributed by atoms with Crippen molar-refractivity contribution in [3.63, 3.8) is 0 Å². The number of amides is 2. The van der Waals surface area contributed by atoms with E-state index in [0.717, 1.165) is 22.7 Å². The molecule has 0 radical (unpaired) electrons. The molecule has 1 saturated heterocycles. The van der Waals surface area contributed by atoms with Crippen molar-refractivity contribution in [2.75, 3.05) is 29.3 Å². The van der Waals surface area contributed by atoms with Gasteiger partial charge in [-0.1, -0.05) is 47.5 Å². The molecule has 0 atom stereocenters. The largest absolute Gasteiger partial charge is 0.339 e. The Morgan fingerprint density at radius 2 is 1.64 bits per heavy atom. The van der Waals surface area contributed by atoms with Crippen LogP contribution < -0.4 is 9.62 Å². The lowest BCUT2D eigenvalue weighted by atomic mass is 10.1. The number of benzene rings is 3. The number of para-hydroxylation sites is 1. The summed E-state index contributed by atoms with van der Waals surface area (Å²) in [4.78, 5) is 28.1. The van der Waals surface area contributed by atoms with E-state index in [4.69, 9.17) is 11.6 Å². The van der Waals surface area contributed by atoms with E-state index >= 15 is 0 Å². The minimum Gasteiger partial charge on any atom is -0.339 e. The Morgan fingerprint density at radius 3 is 2.33 bits per heavy atom. The van der Waals surface area contributed by atoms with E-state index in [2.05, 4.69) is 5.32 Å². The van der Waals surface area contributed by atoms with Gasteiger partial charge in [0.25, 0.3) is 15.9 Å². The molecule has 188 valence electrons. The second-order valence-corrected chi connectivity index (χ2v) is 11.1. The molecule has 7 nitrogen and oxygen atoms in total. The molecule has 0 aliphatic carbocycles. The molecule has 36 heavy (non-hydrogen) atoms. The summed E-state index contributed by atoms with van der Waals surface area (Å²) in [6.45, 7) is 4.48. The average Bonchev–Trinajstić information content (AvgIpc) is 3.39. The lowest BCUT2D eigenvalue weighted by Gasteiger charge is -2.26. The number of sulfonamides is 1. The smallest absolute Gasteiger partial charge is 0.264 e. The number of likely N-dealkylation sites (tertiary alicyclic amines) is 1. The first-order valence-electron chi connectivity index (χ1n) is 11.7. The minimum absolute atomic E-state index is 0.0601. The Labute approximate surface area is 216 Å². The molecule has 4 rings (SSSR count). The third kappa shape index (κ3) is 5.55. The van der Waals surface area contributed by atoms with Crippen LogP contribution in [0.1, 0.15) is 34.3 Å². The van der Waals surface area contributed by atoms with Crippen LogP contribution in [-0.4, -0.2) is 44.8 Å². The summed E-state index contributed by atoms with van der Waals surface area (Å²) in [5, 5.41) is 3.11. The van der Waals surface area contributed by atoms with E-state index in [1.165, 1.54) is 18.2 Å². The highest BCUT2D eigenvalue weighted by atomic mass is 35.5. The molecule has 0 aromatic heterocycles. The summed E-state index contributed by atoms with van der Waals surface area (Å²) < 4.78 is 28.4. The number of hydrogen-bond donors (Lipinski definition) is 1. The van der Waals surface area contributed by atoms with Crippen LogP contribution in [0.3, 0.4) is 0 Å². The SMILES string of the molecule is Cc1ccc(S(=O)(=O)N(CC(=O)Nc2ccccc2C(=O)N2CCCC2)c2cc(Cl)ccc2C)cc1. The number of carbonyl (C=O) groups excluding carboxylic acids is 2. The Balaban J connectivity index is 1.66. The first-order valence-corrected chi connectivity index (χ1v) is 13.5. The number of hydrogen-bond acceptors (Lipinski definition) is 4. The van der Waals surface area contributed by atoms with Gasteiger partial charge in [-0.05, 0) is 68.7 Å². The molecule has 0 unspecified atom stereocenters. The lowest BCUT2D eigenvalue weighted by Crippen LogP contribution is -2.39. The maximum Gasteiger partial charge on any atom is 0.264 e. The van der Waals surface area contributed by atoms with Crippen molar-refractivity contribution in [2.45, 2.75) is 31.6 Å². The van der Waals surface area contributed by atoms with Gasteiger partial charge in [-0.3, -0.25) is 13.9 Å². The van der Waals surface area contributed by atoms with Crippen LogP contribution in [0.25, 0.3) is 0 Å². The van der Waals surface area contributed by atoms with E-state index in [1.54, 1.807) is 60.4 Å². The van der Waals surface area contributed by atoms with Crippen LogP contribution in [0.5, 0.6) is 0 Å². The fourth-order valence-corrected chi connectivity index (χ4v) is 5.82. The van der Waals surface area contributed by atoms with Gasteiger partial charge in [-0.2, -0.15) is 0 Å². The van der Waals surface area contributed by atoms with Crippen LogP contribution in [0.2, 0.25) is 5.02 Å². The number of anilines is 2. The first-order chi connectivity index (χ1) is 17.2. The molecule has 3 aromatic rings. The van der Waals surface area contributed by atoms with Gasteiger partial charge in [0.05, 0.1) is 21.8 Å². The third-order valence-corrected chi connectivity index (χ3v) is 8.17. The van der Waals surface area contributed by atoms with Crippen LogP contribution in [0, 0.1) is 13.8 Å². The highest BCUT2D eigenvalue weighted by Gasteiger charge is 2.29. The highest BCUT2D eigenvalue weighted by molar-refractivity contribution is 7.92. The molecular weight excluding hydrogens is 498 g/mol. The van der Waals surface area contributed by atoms with Crippen molar-refractivity contribution in [3.8, 4) is 0 Å². The zero-order chi connectivity index (χ0) is 25.9. The fourth-order valence-electron chi connectivity index (χ4n) is 4.18. The van der Waals surface area contributed by atoms with Crippen LogP contribution in [0.4, 0.5) is 11.4 Å². The topological polar surface area (TPSA) is 86.8 Å². The minimum atomic E-state index is -4.10. The average molecular weight is 526 g/mol. The number of carbonyl (C=O) groups is 2. The first kappa shape index (κ1) is 25.7. The van der Waals surface area contributed by atoms with Gasteiger partial charge in [-0.25, -0.2) is 8.42 Å².